The number of amides is 1. The molecule has 1 amide bonds. The molecule has 0 atom stereocenters. The second-order valence-corrected chi connectivity index (χ2v) is 2.43. The van der Waals surface area contributed by atoms with Crippen LogP contribution >= 0.6 is 0 Å². The van der Waals surface area contributed by atoms with E-state index in [1.165, 1.54) is 26.6 Å². The first-order valence-corrected chi connectivity index (χ1v) is 4.52. The van der Waals surface area contributed by atoms with Gasteiger partial charge >= 0.3 is 0 Å². The maximum absolute atomic E-state index is 9.70. The van der Waals surface area contributed by atoms with Crippen molar-refractivity contribution in [3.05, 3.63) is 0 Å². The second kappa shape index (κ2) is 10.4. The number of rotatable bonds is 3. The molecule has 0 aromatic heterocycles. The van der Waals surface area contributed by atoms with Crippen LogP contribution in [0.4, 0.5) is 0 Å². The van der Waals surface area contributed by atoms with Gasteiger partial charge in [0.25, 0.3) is 0 Å². The van der Waals surface area contributed by atoms with E-state index in [-0.39, 0.29) is 5.91 Å². The van der Waals surface area contributed by atoms with Gasteiger partial charge in [0.2, 0.25) is 5.91 Å². The van der Waals surface area contributed by atoms with E-state index in [4.69, 9.17) is 0 Å². The molecular formula is C9H22N2O. The Labute approximate surface area is 76.1 Å². The standard InChI is InChI=1S/C6H15N.C3H7NO/c1-4-7(5-2)6-3;1-3(5)4-2/h4-6H2,1-3H3;1-2H3,(H,4,5). The van der Waals surface area contributed by atoms with E-state index >= 15 is 0 Å². The summed E-state index contributed by atoms with van der Waals surface area (Å²) >= 11 is 0. The van der Waals surface area contributed by atoms with Gasteiger partial charge in [0.1, 0.15) is 0 Å². The van der Waals surface area contributed by atoms with E-state index in [1.807, 2.05) is 0 Å². The minimum Gasteiger partial charge on any atom is -0.359 e. The summed E-state index contributed by atoms with van der Waals surface area (Å²) in [6.07, 6.45) is 0. The van der Waals surface area contributed by atoms with E-state index in [0.29, 0.717) is 0 Å². The Hall–Kier alpha value is -0.570. The minimum absolute atomic E-state index is 0.00463. The Kier molecular flexibility index (Phi) is 12.2. The molecule has 3 heteroatoms. The molecule has 0 aliphatic rings. The second-order valence-electron chi connectivity index (χ2n) is 2.43. The van der Waals surface area contributed by atoms with E-state index in [2.05, 4.69) is 31.0 Å². The average Bonchev–Trinajstić information content (AvgIpc) is 2.09. The molecule has 1 N–H and O–H groups in total. The fraction of sp³-hybridized carbons (Fsp3) is 0.889. The van der Waals surface area contributed by atoms with Crippen LogP contribution in [0.2, 0.25) is 0 Å². The lowest BCUT2D eigenvalue weighted by atomic mass is 10.5. The van der Waals surface area contributed by atoms with Gasteiger partial charge in [0.15, 0.2) is 0 Å². The molecule has 0 saturated heterocycles. The zero-order chi connectivity index (χ0) is 9.98. The summed E-state index contributed by atoms with van der Waals surface area (Å²) in [6, 6.07) is 0. The van der Waals surface area contributed by atoms with Crippen LogP contribution in [0, 0.1) is 0 Å². The van der Waals surface area contributed by atoms with Crippen molar-refractivity contribution in [1.82, 2.24) is 10.2 Å². The zero-order valence-corrected chi connectivity index (χ0v) is 8.98. The quantitative estimate of drug-likeness (QED) is 0.695. The van der Waals surface area contributed by atoms with Crippen molar-refractivity contribution in [2.75, 3.05) is 26.7 Å². The summed E-state index contributed by atoms with van der Waals surface area (Å²) in [5.41, 5.74) is 0. The topological polar surface area (TPSA) is 32.3 Å². The van der Waals surface area contributed by atoms with Gasteiger partial charge in [-0.1, -0.05) is 20.8 Å². The summed E-state index contributed by atoms with van der Waals surface area (Å²) in [7, 11) is 1.60. The Morgan fingerprint density at radius 3 is 1.42 bits per heavy atom. The highest BCUT2D eigenvalue weighted by molar-refractivity contribution is 5.72. The molecular weight excluding hydrogens is 152 g/mol. The molecule has 0 bridgehead atoms. The molecule has 0 aromatic rings. The lowest BCUT2D eigenvalue weighted by Crippen LogP contribution is -2.21. The third kappa shape index (κ3) is 12.1. The molecule has 12 heavy (non-hydrogen) atoms. The average molecular weight is 174 g/mol. The number of carbonyl (C=O) groups is 1. The van der Waals surface area contributed by atoms with Gasteiger partial charge < -0.3 is 10.2 Å². The van der Waals surface area contributed by atoms with Gasteiger partial charge in [-0.3, -0.25) is 4.79 Å². The Morgan fingerprint density at radius 1 is 1.17 bits per heavy atom. The van der Waals surface area contributed by atoms with Crippen LogP contribution in [0.5, 0.6) is 0 Å². The van der Waals surface area contributed by atoms with Crippen LogP contribution < -0.4 is 5.32 Å². The van der Waals surface area contributed by atoms with Gasteiger partial charge in [0, 0.05) is 14.0 Å². The zero-order valence-electron chi connectivity index (χ0n) is 8.98. The minimum atomic E-state index is 0.00463. The fourth-order valence-corrected chi connectivity index (χ4v) is 0.671. The predicted molar refractivity (Wildman–Crippen MR) is 53.2 cm³/mol. The van der Waals surface area contributed by atoms with Crippen molar-refractivity contribution >= 4 is 5.91 Å². The van der Waals surface area contributed by atoms with Crippen molar-refractivity contribution in [2.45, 2.75) is 27.7 Å². The smallest absolute Gasteiger partial charge is 0.216 e. The predicted octanol–water partition coefficient (Wildman–Crippen LogP) is 1.10. The van der Waals surface area contributed by atoms with Gasteiger partial charge in [-0.25, -0.2) is 0 Å². The number of hydrogen-bond donors (Lipinski definition) is 1. The maximum Gasteiger partial charge on any atom is 0.216 e. The molecule has 3 nitrogen and oxygen atoms in total. The number of carbonyl (C=O) groups excluding carboxylic acids is 1. The van der Waals surface area contributed by atoms with E-state index < -0.39 is 0 Å². The van der Waals surface area contributed by atoms with E-state index in [0.717, 1.165) is 0 Å². The monoisotopic (exact) mass is 174 g/mol. The normalized spacial score (nSPS) is 8.83. The molecule has 0 radical (unpaired) electrons. The van der Waals surface area contributed by atoms with Crippen LogP contribution in [0.3, 0.4) is 0 Å². The van der Waals surface area contributed by atoms with Gasteiger partial charge in [-0.15, -0.1) is 0 Å². The number of nitrogens with one attached hydrogen (secondary N) is 1. The lowest BCUT2D eigenvalue weighted by Gasteiger charge is -2.13. The summed E-state index contributed by atoms with van der Waals surface area (Å²) in [5.74, 6) is 0.00463. The molecule has 0 fully saturated rings. The van der Waals surface area contributed by atoms with E-state index in [1.54, 1.807) is 7.05 Å². The molecule has 0 heterocycles. The molecule has 74 valence electrons. The number of nitrogens with zero attached hydrogens (tertiary/aromatic N) is 1. The van der Waals surface area contributed by atoms with Crippen molar-refractivity contribution in [3.63, 3.8) is 0 Å². The van der Waals surface area contributed by atoms with Crippen molar-refractivity contribution < 1.29 is 4.79 Å². The molecule has 0 aliphatic carbocycles. The van der Waals surface area contributed by atoms with Gasteiger partial charge in [0.05, 0.1) is 0 Å². The Balaban J connectivity index is 0. The Bertz CT molecular complexity index is 95.2. The van der Waals surface area contributed by atoms with Gasteiger partial charge in [-0.05, 0) is 19.6 Å². The molecule has 0 unspecified atom stereocenters. The van der Waals surface area contributed by atoms with Crippen LogP contribution in [0.1, 0.15) is 27.7 Å². The molecule has 0 aromatic carbocycles. The van der Waals surface area contributed by atoms with Crippen LogP contribution in [0.25, 0.3) is 0 Å². The van der Waals surface area contributed by atoms with Crippen LogP contribution in [-0.4, -0.2) is 37.5 Å². The third-order valence-corrected chi connectivity index (χ3v) is 1.69. The summed E-state index contributed by atoms with van der Waals surface area (Å²) in [4.78, 5) is 12.1. The van der Waals surface area contributed by atoms with Gasteiger partial charge in [-0.2, -0.15) is 0 Å². The highest BCUT2D eigenvalue weighted by Crippen LogP contribution is 1.81. The highest BCUT2D eigenvalue weighted by Gasteiger charge is 1.89. The third-order valence-electron chi connectivity index (χ3n) is 1.69. The fourth-order valence-electron chi connectivity index (χ4n) is 0.671. The van der Waals surface area contributed by atoms with Crippen LogP contribution in [-0.2, 0) is 4.79 Å². The summed E-state index contributed by atoms with van der Waals surface area (Å²) < 4.78 is 0. The van der Waals surface area contributed by atoms with Crippen molar-refractivity contribution in [3.8, 4) is 0 Å². The Morgan fingerprint density at radius 2 is 1.42 bits per heavy atom. The first-order valence-electron chi connectivity index (χ1n) is 4.52. The van der Waals surface area contributed by atoms with Crippen molar-refractivity contribution in [1.29, 1.82) is 0 Å². The highest BCUT2D eigenvalue weighted by atomic mass is 16.1. The van der Waals surface area contributed by atoms with E-state index in [9.17, 15) is 4.79 Å². The lowest BCUT2D eigenvalue weighted by molar-refractivity contribution is -0.118. The number of hydrogen-bond acceptors (Lipinski definition) is 2. The molecule has 0 rings (SSSR count). The first kappa shape index (κ1) is 14.0. The van der Waals surface area contributed by atoms with Crippen molar-refractivity contribution in [2.24, 2.45) is 0 Å². The first-order chi connectivity index (χ1) is 5.62. The largest absolute Gasteiger partial charge is 0.359 e. The van der Waals surface area contributed by atoms with Crippen LogP contribution in [0.15, 0.2) is 0 Å². The molecule has 0 aliphatic heterocycles. The maximum atomic E-state index is 9.70. The summed E-state index contributed by atoms with van der Waals surface area (Å²) in [5, 5.41) is 2.39. The summed E-state index contributed by atoms with van der Waals surface area (Å²) in [6.45, 7) is 11.6. The SMILES string of the molecule is CCN(CC)CC.CNC(C)=O. The molecule has 0 saturated carbocycles. The molecule has 0 spiro atoms.